The molecule has 0 aliphatic carbocycles. The SMILES string of the molecule is C=CCOc1ccc(/C=C/C(=O)N[C@H](C)C(=O)NCCC)cc1. The standard InChI is InChI=1S/C18H24N2O3/c1-4-12-19-18(22)14(3)20-17(21)11-8-15-6-9-16(10-7-15)23-13-5-2/h5-11,14H,2,4,12-13H2,1,3H3,(H,19,22)(H,20,21)/b11-8+/t14-/m1/s1. The first-order valence-electron chi connectivity index (χ1n) is 7.66. The van der Waals surface area contributed by atoms with Crippen molar-refractivity contribution in [3.05, 3.63) is 48.6 Å². The van der Waals surface area contributed by atoms with E-state index in [0.29, 0.717) is 13.2 Å². The quantitative estimate of drug-likeness (QED) is 0.542. The van der Waals surface area contributed by atoms with Gasteiger partial charge in [0.1, 0.15) is 18.4 Å². The van der Waals surface area contributed by atoms with Crippen LogP contribution in [0.25, 0.3) is 6.08 Å². The molecule has 1 aromatic rings. The summed E-state index contributed by atoms with van der Waals surface area (Å²) < 4.78 is 5.38. The predicted octanol–water partition coefficient (Wildman–Crippen LogP) is 2.30. The van der Waals surface area contributed by atoms with Crippen LogP contribution in [0.15, 0.2) is 43.0 Å². The van der Waals surface area contributed by atoms with Gasteiger partial charge in [-0.1, -0.05) is 31.7 Å². The van der Waals surface area contributed by atoms with E-state index >= 15 is 0 Å². The summed E-state index contributed by atoms with van der Waals surface area (Å²) in [4.78, 5) is 23.5. The van der Waals surface area contributed by atoms with E-state index in [1.54, 1.807) is 19.1 Å². The lowest BCUT2D eigenvalue weighted by Crippen LogP contribution is -2.44. The van der Waals surface area contributed by atoms with Crippen molar-refractivity contribution in [3.8, 4) is 5.75 Å². The van der Waals surface area contributed by atoms with Crippen LogP contribution in [0.3, 0.4) is 0 Å². The minimum atomic E-state index is -0.562. The monoisotopic (exact) mass is 316 g/mol. The number of carbonyl (C=O) groups is 2. The van der Waals surface area contributed by atoms with Gasteiger partial charge >= 0.3 is 0 Å². The van der Waals surface area contributed by atoms with Crippen LogP contribution in [0.1, 0.15) is 25.8 Å². The molecule has 2 amide bonds. The molecule has 0 aromatic heterocycles. The zero-order valence-electron chi connectivity index (χ0n) is 13.7. The topological polar surface area (TPSA) is 67.4 Å². The van der Waals surface area contributed by atoms with Crippen molar-refractivity contribution in [1.82, 2.24) is 10.6 Å². The van der Waals surface area contributed by atoms with Gasteiger partial charge in [-0.3, -0.25) is 9.59 Å². The van der Waals surface area contributed by atoms with Gasteiger partial charge in [0.25, 0.3) is 0 Å². The second-order valence-corrected chi connectivity index (χ2v) is 5.02. The molecule has 0 aliphatic heterocycles. The van der Waals surface area contributed by atoms with Crippen molar-refractivity contribution in [2.75, 3.05) is 13.2 Å². The van der Waals surface area contributed by atoms with Gasteiger partial charge in [0.15, 0.2) is 0 Å². The number of nitrogens with one attached hydrogen (secondary N) is 2. The van der Waals surface area contributed by atoms with E-state index in [1.807, 2.05) is 31.2 Å². The predicted molar refractivity (Wildman–Crippen MR) is 92.1 cm³/mol. The number of amides is 2. The lowest BCUT2D eigenvalue weighted by molar-refractivity contribution is -0.126. The highest BCUT2D eigenvalue weighted by molar-refractivity contribution is 5.95. The van der Waals surface area contributed by atoms with Gasteiger partial charge in [0, 0.05) is 12.6 Å². The molecule has 0 aliphatic rings. The van der Waals surface area contributed by atoms with Gasteiger partial charge < -0.3 is 15.4 Å². The number of hydrogen-bond acceptors (Lipinski definition) is 3. The molecular formula is C18H24N2O3. The summed E-state index contributed by atoms with van der Waals surface area (Å²) in [5, 5.41) is 5.36. The summed E-state index contributed by atoms with van der Waals surface area (Å²) >= 11 is 0. The molecule has 1 rings (SSSR count). The Morgan fingerprint density at radius 3 is 2.61 bits per heavy atom. The fourth-order valence-electron chi connectivity index (χ4n) is 1.73. The van der Waals surface area contributed by atoms with E-state index in [0.717, 1.165) is 17.7 Å². The molecule has 2 N–H and O–H groups in total. The fourth-order valence-corrected chi connectivity index (χ4v) is 1.73. The zero-order chi connectivity index (χ0) is 17.1. The van der Waals surface area contributed by atoms with Gasteiger partial charge in [-0.05, 0) is 37.1 Å². The third-order valence-electron chi connectivity index (χ3n) is 2.98. The summed E-state index contributed by atoms with van der Waals surface area (Å²) in [6, 6.07) is 6.77. The Kier molecular flexibility index (Phi) is 8.21. The summed E-state index contributed by atoms with van der Waals surface area (Å²) in [6.45, 7) is 8.27. The van der Waals surface area contributed by atoms with Gasteiger partial charge in [-0.15, -0.1) is 0 Å². The highest BCUT2D eigenvalue weighted by Crippen LogP contribution is 2.13. The molecule has 0 unspecified atom stereocenters. The van der Waals surface area contributed by atoms with Gasteiger partial charge in [-0.25, -0.2) is 0 Å². The number of ether oxygens (including phenoxy) is 1. The zero-order valence-corrected chi connectivity index (χ0v) is 13.7. The van der Waals surface area contributed by atoms with Crippen LogP contribution in [0, 0.1) is 0 Å². The highest BCUT2D eigenvalue weighted by Gasteiger charge is 2.12. The van der Waals surface area contributed by atoms with Crippen LogP contribution in [0.5, 0.6) is 5.75 Å². The molecule has 0 saturated carbocycles. The Morgan fingerprint density at radius 1 is 1.30 bits per heavy atom. The third kappa shape index (κ3) is 7.31. The van der Waals surface area contributed by atoms with Gasteiger partial charge in [0.2, 0.25) is 11.8 Å². The van der Waals surface area contributed by atoms with Crippen molar-refractivity contribution >= 4 is 17.9 Å². The second kappa shape index (κ2) is 10.2. The van der Waals surface area contributed by atoms with E-state index in [4.69, 9.17) is 4.74 Å². The fraction of sp³-hybridized carbons (Fsp3) is 0.333. The number of hydrogen-bond donors (Lipinski definition) is 2. The summed E-state index contributed by atoms with van der Waals surface area (Å²) in [5.41, 5.74) is 0.870. The second-order valence-electron chi connectivity index (χ2n) is 5.02. The normalized spacial score (nSPS) is 11.7. The lowest BCUT2D eigenvalue weighted by Gasteiger charge is -2.12. The highest BCUT2D eigenvalue weighted by atomic mass is 16.5. The molecule has 0 bridgehead atoms. The first kappa shape index (κ1) is 18.5. The molecule has 0 fully saturated rings. The summed E-state index contributed by atoms with van der Waals surface area (Å²) in [6.07, 6.45) is 5.63. The maximum atomic E-state index is 11.8. The van der Waals surface area contributed by atoms with Crippen LogP contribution in [-0.4, -0.2) is 31.0 Å². The van der Waals surface area contributed by atoms with E-state index in [-0.39, 0.29) is 11.8 Å². The van der Waals surface area contributed by atoms with Crippen LogP contribution >= 0.6 is 0 Å². The average Bonchev–Trinajstić information content (AvgIpc) is 2.56. The number of benzene rings is 1. The van der Waals surface area contributed by atoms with Gasteiger partial charge in [-0.2, -0.15) is 0 Å². The van der Waals surface area contributed by atoms with Crippen molar-refractivity contribution in [2.24, 2.45) is 0 Å². The van der Waals surface area contributed by atoms with Crippen molar-refractivity contribution in [3.63, 3.8) is 0 Å². The molecule has 0 spiro atoms. The third-order valence-corrected chi connectivity index (χ3v) is 2.98. The van der Waals surface area contributed by atoms with E-state index < -0.39 is 6.04 Å². The van der Waals surface area contributed by atoms with Crippen LogP contribution in [-0.2, 0) is 9.59 Å². The van der Waals surface area contributed by atoms with E-state index in [2.05, 4.69) is 17.2 Å². The Bertz CT molecular complexity index is 550. The minimum Gasteiger partial charge on any atom is -0.490 e. The number of rotatable bonds is 9. The molecular weight excluding hydrogens is 292 g/mol. The van der Waals surface area contributed by atoms with Crippen LogP contribution < -0.4 is 15.4 Å². The maximum absolute atomic E-state index is 11.8. The van der Waals surface area contributed by atoms with E-state index in [1.165, 1.54) is 6.08 Å². The minimum absolute atomic E-state index is 0.183. The summed E-state index contributed by atoms with van der Waals surface area (Å²) in [5.74, 6) is 0.251. The smallest absolute Gasteiger partial charge is 0.244 e. The van der Waals surface area contributed by atoms with Crippen LogP contribution in [0.2, 0.25) is 0 Å². The van der Waals surface area contributed by atoms with Crippen molar-refractivity contribution in [1.29, 1.82) is 0 Å². The van der Waals surface area contributed by atoms with Crippen molar-refractivity contribution < 1.29 is 14.3 Å². The maximum Gasteiger partial charge on any atom is 0.244 e. The Morgan fingerprint density at radius 2 is 2.00 bits per heavy atom. The van der Waals surface area contributed by atoms with Crippen molar-refractivity contribution in [2.45, 2.75) is 26.3 Å². The lowest BCUT2D eigenvalue weighted by atomic mass is 10.2. The molecule has 124 valence electrons. The molecule has 1 aromatic carbocycles. The molecule has 0 radical (unpaired) electrons. The van der Waals surface area contributed by atoms with E-state index in [9.17, 15) is 9.59 Å². The Balaban J connectivity index is 2.48. The molecule has 23 heavy (non-hydrogen) atoms. The Labute approximate surface area is 137 Å². The van der Waals surface area contributed by atoms with Crippen LogP contribution in [0.4, 0.5) is 0 Å². The molecule has 5 heteroatoms. The molecule has 0 saturated heterocycles. The number of carbonyl (C=O) groups excluding carboxylic acids is 2. The first-order valence-corrected chi connectivity index (χ1v) is 7.66. The summed E-state index contributed by atoms with van der Waals surface area (Å²) in [7, 11) is 0. The molecule has 0 heterocycles. The molecule has 1 atom stereocenters. The van der Waals surface area contributed by atoms with Gasteiger partial charge in [0.05, 0.1) is 0 Å². The molecule has 5 nitrogen and oxygen atoms in total. The average molecular weight is 316 g/mol. The Hall–Kier alpha value is -2.56. The largest absolute Gasteiger partial charge is 0.490 e. The first-order chi connectivity index (χ1) is 11.1.